The second kappa shape index (κ2) is 5.48. The van der Waals surface area contributed by atoms with Crippen molar-refractivity contribution in [1.29, 1.82) is 0 Å². The first-order valence-electron chi connectivity index (χ1n) is 7.15. The number of aryl methyl sites for hydroxylation is 1. The van der Waals surface area contributed by atoms with E-state index in [0.29, 0.717) is 18.2 Å². The van der Waals surface area contributed by atoms with E-state index in [-0.39, 0.29) is 0 Å². The van der Waals surface area contributed by atoms with Gasteiger partial charge in [-0.2, -0.15) is 15.3 Å². The van der Waals surface area contributed by atoms with Crippen molar-refractivity contribution in [3.05, 3.63) is 54.2 Å². The highest BCUT2D eigenvalue weighted by Crippen LogP contribution is 2.17. The molecule has 4 aromatic heterocycles. The van der Waals surface area contributed by atoms with Crippen molar-refractivity contribution in [3.63, 3.8) is 0 Å². The van der Waals surface area contributed by atoms with Crippen molar-refractivity contribution in [2.45, 2.75) is 13.5 Å². The lowest BCUT2D eigenvalue weighted by molar-refractivity contribution is 0.772. The highest BCUT2D eigenvalue weighted by Gasteiger charge is 2.08. The summed E-state index contributed by atoms with van der Waals surface area (Å²) >= 11 is 0. The summed E-state index contributed by atoms with van der Waals surface area (Å²) in [6, 6.07) is 7.64. The van der Waals surface area contributed by atoms with Crippen LogP contribution in [0.4, 0.5) is 11.6 Å². The number of H-pyrrole nitrogens is 1. The summed E-state index contributed by atoms with van der Waals surface area (Å²) in [7, 11) is 0. The predicted molar refractivity (Wildman–Crippen MR) is 85.3 cm³/mol. The minimum absolute atomic E-state index is 0.594. The number of hydrogen-bond acceptors (Lipinski definition) is 6. The molecule has 4 rings (SSSR count). The number of nitrogens with zero attached hydrogens (tertiary/aromatic N) is 6. The molecule has 23 heavy (non-hydrogen) atoms. The van der Waals surface area contributed by atoms with Crippen molar-refractivity contribution in [1.82, 2.24) is 34.9 Å². The second-order valence-electron chi connectivity index (χ2n) is 5.18. The van der Waals surface area contributed by atoms with Crippen LogP contribution >= 0.6 is 0 Å². The third-order valence-corrected chi connectivity index (χ3v) is 3.39. The van der Waals surface area contributed by atoms with Gasteiger partial charge in [0.25, 0.3) is 0 Å². The van der Waals surface area contributed by atoms with E-state index >= 15 is 0 Å². The van der Waals surface area contributed by atoms with Crippen LogP contribution in [-0.2, 0) is 6.54 Å². The molecule has 8 heteroatoms. The normalized spacial score (nSPS) is 11.0. The summed E-state index contributed by atoms with van der Waals surface area (Å²) in [5.41, 5.74) is 3.46. The first-order chi connectivity index (χ1) is 11.3. The maximum absolute atomic E-state index is 4.62. The number of hydrogen-bond donors (Lipinski definition) is 2. The molecule has 0 aliphatic rings. The topological polar surface area (TPSA) is 97.2 Å². The standard InChI is InChI=1S/C15H14N8/c1-10-7-13(22-20-10)18-14-8-16-12-4-6-23(15(12)19-14)9-11-3-2-5-17-21-11/h2-8H,9H2,1H3,(H2,18,19,20,22). The average molecular weight is 306 g/mol. The summed E-state index contributed by atoms with van der Waals surface area (Å²) in [5, 5.41) is 18.2. The van der Waals surface area contributed by atoms with Crippen LogP contribution in [0, 0.1) is 6.92 Å². The van der Waals surface area contributed by atoms with Crippen LogP contribution in [0.2, 0.25) is 0 Å². The number of anilines is 2. The van der Waals surface area contributed by atoms with E-state index in [1.165, 1.54) is 0 Å². The Labute approximate surface area is 131 Å². The third kappa shape index (κ3) is 2.73. The van der Waals surface area contributed by atoms with Crippen molar-refractivity contribution in [3.8, 4) is 0 Å². The average Bonchev–Trinajstić information content (AvgIpc) is 3.15. The zero-order valence-electron chi connectivity index (χ0n) is 12.4. The molecule has 0 amide bonds. The summed E-state index contributed by atoms with van der Waals surface area (Å²) in [4.78, 5) is 9.05. The monoisotopic (exact) mass is 306 g/mol. The van der Waals surface area contributed by atoms with Gasteiger partial charge in [0.2, 0.25) is 0 Å². The van der Waals surface area contributed by atoms with E-state index in [1.54, 1.807) is 12.4 Å². The first-order valence-corrected chi connectivity index (χ1v) is 7.15. The minimum Gasteiger partial charge on any atom is -0.325 e. The van der Waals surface area contributed by atoms with Crippen LogP contribution in [0.3, 0.4) is 0 Å². The molecule has 0 saturated carbocycles. The number of nitrogens with one attached hydrogen (secondary N) is 2. The van der Waals surface area contributed by atoms with Crippen LogP contribution in [-0.4, -0.2) is 34.9 Å². The molecule has 0 aliphatic heterocycles. The molecule has 0 spiro atoms. The molecule has 8 nitrogen and oxygen atoms in total. The molecule has 4 aromatic rings. The van der Waals surface area contributed by atoms with Crippen LogP contribution in [0.5, 0.6) is 0 Å². The quantitative estimate of drug-likeness (QED) is 0.599. The fourth-order valence-corrected chi connectivity index (χ4v) is 2.34. The molecule has 114 valence electrons. The van der Waals surface area contributed by atoms with Gasteiger partial charge in [0.1, 0.15) is 5.52 Å². The second-order valence-corrected chi connectivity index (χ2v) is 5.18. The highest BCUT2D eigenvalue weighted by atomic mass is 15.2. The van der Waals surface area contributed by atoms with Gasteiger partial charge < -0.3 is 9.88 Å². The Balaban J connectivity index is 1.65. The minimum atomic E-state index is 0.594. The highest BCUT2D eigenvalue weighted by molar-refractivity contribution is 5.73. The molecule has 0 aromatic carbocycles. The van der Waals surface area contributed by atoms with Gasteiger partial charge in [-0.15, -0.1) is 0 Å². The fourth-order valence-electron chi connectivity index (χ4n) is 2.34. The first kappa shape index (κ1) is 13.4. The number of aromatic amines is 1. The molecule has 0 unspecified atom stereocenters. The van der Waals surface area contributed by atoms with E-state index in [1.807, 2.05) is 42.0 Å². The Bertz CT molecular complexity index is 940. The Morgan fingerprint density at radius 1 is 1.26 bits per heavy atom. The van der Waals surface area contributed by atoms with Crippen molar-refractivity contribution in [2.24, 2.45) is 0 Å². The maximum atomic E-state index is 4.62. The molecule has 2 N–H and O–H groups in total. The van der Waals surface area contributed by atoms with Gasteiger partial charge in [-0.05, 0) is 25.1 Å². The van der Waals surface area contributed by atoms with Crippen LogP contribution < -0.4 is 5.32 Å². The summed E-state index contributed by atoms with van der Waals surface area (Å²) in [6.07, 6.45) is 5.30. The fraction of sp³-hybridized carbons (Fsp3) is 0.133. The summed E-state index contributed by atoms with van der Waals surface area (Å²) in [6.45, 7) is 2.54. The van der Waals surface area contributed by atoms with Crippen molar-refractivity contribution >= 4 is 22.8 Å². The Morgan fingerprint density at radius 2 is 2.22 bits per heavy atom. The molecule has 0 bridgehead atoms. The van der Waals surface area contributed by atoms with E-state index in [2.05, 4.69) is 35.7 Å². The van der Waals surface area contributed by atoms with Crippen LogP contribution in [0.25, 0.3) is 11.2 Å². The smallest absolute Gasteiger partial charge is 0.161 e. The molecule has 4 heterocycles. The third-order valence-electron chi connectivity index (χ3n) is 3.39. The zero-order chi connectivity index (χ0) is 15.6. The Hall–Kier alpha value is -3.29. The van der Waals surface area contributed by atoms with Gasteiger partial charge in [-0.25, -0.2) is 9.97 Å². The molecule has 0 radical (unpaired) electrons. The van der Waals surface area contributed by atoms with Gasteiger partial charge in [-0.1, -0.05) is 0 Å². The van der Waals surface area contributed by atoms with E-state index in [4.69, 9.17) is 0 Å². The maximum Gasteiger partial charge on any atom is 0.161 e. The van der Waals surface area contributed by atoms with Crippen molar-refractivity contribution < 1.29 is 0 Å². The zero-order valence-corrected chi connectivity index (χ0v) is 12.4. The Kier molecular flexibility index (Phi) is 3.19. The van der Waals surface area contributed by atoms with Crippen molar-refractivity contribution in [2.75, 3.05) is 5.32 Å². The predicted octanol–water partition coefficient (Wildman–Crippen LogP) is 2.04. The number of aromatic nitrogens is 7. The van der Waals surface area contributed by atoms with E-state index < -0.39 is 0 Å². The number of rotatable bonds is 4. The van der Waals surface area contributed by atoms with Gasteiger partial charge in [0.05, 0.1) is 18.4 Å². The summed E-state index contributed by atoms with van der Waals surface area (Å²) in [5.74, 6) is 1.35. The van der Waals surface area contributed by atoms with Crippen LogP contribution in [0.1, 0.15) is 11.4 Å². The van der Waals surface area contributed by atoms with E-state index in [0.717, 1.165) is 22.6 Å². The molecule has 0 atom stereocenters. The van der Waals surface area contributed by atoms with Gasteiger partial charge >= 0.3 is 0 Å². The molecule has 0 aliphatic carbocycles. The van der Waals surface area contributed by atoms with E-state index in [9.17, 15) is 0 Å². The SMILES string of the molecule is Cc1cc(Nc2cnc3ccn(Cc4cccnn4)c3n2)n[nH]1. The Morgan fingerprint density at radius 3 is 3.00 bits per heavy atom. The van der Waals surface area contributed by atoms with Gasteiger partial charge in [-0.3, -0.25) is 5.10 Å². The molecule has 0 saturated heterocycles. The number of fused-ring (bicyclic) bond motifs is 1. The largest absolute Gasteiger partial charge is 0.325 e. The lowest BCUT2D eigenvalue weighted by Gasteiger charge is -2.05. The molecule has 0 fully saturated rings. The van der Waals surface area contributed by atoms with Crippen LogP contribution in [0.15, 0.2) is 42.9 Å². The molecular weight excluding hydrogens is 292 g/mol. The van der Waals surface area contributed by atoms with Gasteiger partial charge in [0, 0.05) is 24.2 Å². The van der Waals surface area contributed by atoms with Gasteiger partial charge in [0.15, 0.2) is 17.3 Å². The lowest BCUT2D eigenvalue weighted by Crippen LogP contribution is -2.03. The summed E-state index contributed by atoms with van der Waals surface area (Å²) < 4.78 is 1.99. The lowest BCUT2D eigenvalue weighted by atomic mass is 10.4. The molecular formula is C15H14N8.